The molecule has 27 heavy (non-hydrogen) atoms. The summed E-state index contributed by atoms with van der Waals surface area (Å²) < 4.78 is 10.6. The molecule has 0 aliphatic carbocycles. The van der Waals surface area contributed by atoms with Gasteiger partial charge in [-0.2, -0.15) is 5.10 Å². The highest BCUT2D eigenvalue weighted by Crippen LogP contribution is 2.20. The van der Waals surface area contributed by atoms with Gasteiger partial charge in [0.1, 0.15) is 5.75 Å². The minimum absolute atomic E-state index is 0.160. The molecule has 0 aliphatic rings. The molecule has 2 rings (SSSR count). The second kappa shape index (κ2) is 10.3. The van der Waals surface area contributed by atoms with Crippen LogP contribution in [0.4, 0.5) is 0 Å². The molecule has 0 bridgehead atoms. The third-order valence-corrected chi connectivity index (χ3v) is 4.10. The number of carbonyl (C=O) groups excluding carboxylic acids is 2. The number of amides is 1. The van der Waals surface area contributed by atoms with Crippen molar-refractivity contribution in [2.75, 3.05) is 13.2 Å². The minimum Gasteiger partial charge on any atom is -0.484 e. The van der Waals surface area contributed by atoms with Crippen LogP contribution in [0.15, 0.2) is 47.6 Å². The predicted octanol–water partition coefficient (Wildman–Crippen LogP) is 3.69. The molecule has 0 saturated heterocycles. The van der Waals surface area contributed by atoms with Crippen molar-refractivity contribution in [2.45, 2.75) is 33.6 Å². The Morgan fingerprint density at radius 2 is 1.85 bits per heavy atom. The first-order valence-corrected chi connectivity index (χ1v) is 9.16. The standard InChI is InChI=1S/C21H26N2O4/c1-4-8-19(21(25)26-5-2)15(3)22-23-20(24)14-27-18-12-11-16-9-6-7-10-17(16)13-18/h6-7,9-13,19H,4-5,8,14H2,1-3H3,(H,23,24). The maximum Gasteiger partial charge on any atom is 0.314 e. The van der Waals surface area contributed by atoms with Crippen molar-refractivity contribution in [2.24, 2.45) is 11.0 Å². The van der Waals surface area contributed by atoms with Crippen molar-refractivity contribution in [3.63, 3.8) is 0 Å². The van der Waals surface area contributed by atoms with E-state index in [0.29, 0.717) is 24.5 Å². The number of hydrazone groups is 1. The summed E-state index contributed by atoms with van der Waals surface area (Å²) in [5.74, 6) is -0.541. The SMILES string of the molecule is CCCC(C(=O)OCC)C(C)=NNC(=O)COc1ccc2ccccc2c1. The van der Waals surface area contributed by atoms with Gasteiger partial charge < -0.3 is 9.47 Å². The van der Waals surface area contributed by atoms with Crippen LogP contribution >= 0.6 is 0 Å². The van der Waals surface area contributed by atoms with Crippen molar-refractivity contribution < 1.29 is 19.1 Å². The van der Waals surface area contributed by atoms with Gasteiger partial charge in [-0.05, 0) is 43.2 Å². The summed E-state index contributed by atoms with van der Waals surface area (Å²) in [7, 11) is 0. The summed E-state index contributed by atoms with van der Waals surface area (Å²) >= 11 is 0. The van der Waals surface area contributed by atoms with Gasteiger partial charge in [0.25, 0.3) is 5.91 Å². The van der Waals surface area contributed by atoms with Gasteiger partial charge in [0.2, 0.25) is 0 Å². The number of nitrogens with one attached hydrogen (secondary N) is 1. The quantitative estimate of drug-likeness (QED) is 0.415. The third-order valence-electron chi connectivity index (χ3n) is 4.10. The maximum atomic E-state index is 12.0. The first-order chi connectivity index (χ1) is 13.0. The highest BCUT2D eigenvalue weighted by molar-refractivity contribution is 6.01. The average molecular weight is 370 g/mol. The Kier molecular flexibility index (Phi) is 7.79. The molecule has 144 valence electrons. The second-order valence-corrected chi connectivity index (χ2v) is 6.18. The highest BCUT2D eigenvalue weighted by atomic mass is 16.5. The molecule has 1 atom stereocenters. The van der Waals surface area contributed by atoms with E-state index in [2.05, 4.69) is 10.5 Å². The van der Waals surface area contributed by atoms with Gasteiger partial charge in [0.05, 0.1) is 12.5 Å². The fraction of sp³-hybridized carbons (Fsp3) is 0.381. The van der Waals surface area contributed by atoms with Crippen molar-refractivity contribution in [1.29, 1.82) is 0 Å². The van der Waals surface area contributed by atoms with Crippen LogP contribution in [0.3, 0.4) is 0 Å². The molecule has 1 N–H and O–H groups in total. The number of esters is 1. The molecule has 2 aromatic carbocycles. The van der Waals surface area contributed by atoms with Gasteiger partial charge in [0, 0.05) is 5.71 Å². The average Bonchev–Trinajstić information content (AvgIpc) is 2.68. The largest absolute Gasteiger partial charge is 0.484 e. The lowest BCUT2D eigenvalue weighted by Crippen LogP contribution is -2.30. The highest BCUT2D eigenvalue weighted by Gasteiger charge is 2.22. The molecule has 0 saturated carbocycles. The normalized spacial score (nSPS) is 12.5. The number of hydrogen-bond donors (Lipinski definition) is 1. The number of hydrogen-bond acceptors (Lipinski definition) is 5. The molecule has 6 heteroatoms. The van der Waals surface area contributed by atoms with Gasteiger partial charge in [-0.1, -0.05) is 43.7 Å². The van der Waals surface area contributed by atoms with Crippen molar-refractivity contribution in [3.05, 3.63) is 42.5 Å². The Morgan fingerprint density at radius 1 is 1.11 bits per heavy atom. The number of fused-ring (bicyclic) bond motifs is 1. The zero-order chi connectivity index (χ0) is 19.6. The molecule has 0 aromatic heterocycles. The van der Waals surface area contributed by atoms with E-state index >= 15 is 0 Å². The van der Waals surface area contributed by atoms with E-state index < -0.39 is 5.92 Å². The summed E-state index contributed by atoms with van der Waals surface area (Å²) in [6, 6.07) is 13.6. The van der Waals surface area contributed by atoms with E-state index in [-0.39, 0.29) is 18.5 Å². The van der Waals surface area contributed by atoms with E-state index in [1.54, 1.807) is 13.8 Å². The third kappa shape index (κ3) is 6.09. The van der Waals surface area contributed by atoms with Crippen molar-refractivity contribution in [3.8, 4) is 5.75 Å². The van der Waals surface area contributed by atoms with Gasteiger partial charge in [-0.25, -0.2) is 5.43 Å². The van der Waals surface area contributed by atoms with Crippen molar-refractivity contribution >= 4 is 28.4 Å². The van der Waals surface area contributed by atoms with E-state index in [1.807, 2.05) is 49.4 Å². The van der Waals surface area contributed by atoms with E-state index in [1.165, 1.54) is 0 Å². The fourth-order valence-electron chi connectivity index (χ4n) is 2.70. The maximum absolute atomic E-state index is 12.0. The lowest BCUT2D eigenvalue weighted by Gasteiger charge is -2.14. The number of ether oxygens (including phenoxy) is 2. The molecule has 6 nitrogen and oxygen atoms in total. The first kappa shape index (κ1) is 20.4. The number of benzene rings is 2. The molecular formula is C21H26N2O4. The van der Waals surface area contributed by atoms with E-state index in [4.69, 9.17) is 9.47 Å². The Labute approximate surface area is 159 Å². The van der Waals surface area contributed by atoms with E-state index in [0.717, 1.165) is 17.2 Å². The monoisotopic (exact) mass is 370 g/mol. The lowest BCUT2D eigenvalue weighted by atomic mass is 9.99. The molecule has 2 aromatic rings. The molecule has 0 fully saturated rings. The van der Waals surface area contributed by atoms with Crippen LogP contribution in [-0.2, 0) is 14.3 Å². The summed E-state index contributed by atoms with van der Waals surface area (Å²) in [5.41, 5.74) is 2.96. The first-order valence-electron chi connectivity index (χ1n) is 9.16. The number of rotatable bonds is 9. The fourth-order valence-corrected chi connectivity index (χ4v) is 2.70. The van der Waals surface area contributed by atoms with Crippen molar-refractivity contribution in [1.82, 2.24) is 5.43 Å². The van der Waals surface area contributed by atoms with Crippen LogP contribution in [0.25, 0.3) is 10.8 Å². The zero-order valence-electron chi connectivity index (χ0n) is 16.0. The topological polar surface area (TPSA) is 77.0 Å². The Morgan fingerprint density at radius 3 is 2.56 bits per heavy atom. The minimum atomic E-state index is -0.448. The zero-order valence-corrected chi connectivity index (χ0v) is 16.0. The Bertz CT molecular complexity index is 817. The van der Waals surface area contributed by atoms with Crippen LogP contribution in [0.2, 0.25) is 0 Å². The molecule has 0 heterocycles. The number of nitrogens with zero attached hydrogens (tertiary/aromatic N) is 1. The van der Waals surface area contributed by atoms with Crippen LogP contribution in [-0.4, -0.2) is 30.8 Å². The van der Waals surface area contributed by atoms with Crippen LogP contribution in [0, 0.1) is 5.92 Å². The van der Waals surface area contributed by atoms with Crippen LogP contribution in [0.5, 0.6) is 5.75 Å². The molecular weight excluding hydrogens is 344 g/mol. The summed E-state index contributed by atoms with van der Waals surface area (Å²) in [5, 5.41) is 6.19. The van der Waals surface area contributed by atoms with Gasteiger partial charge in [-0.3, -0.25) is 9.59 Å². The lowest BCUT2D eigenvalue weighted by molar-refractivity contribution is -0.145. The molecule has 1 amide bonds. The Balaban J connectivity index is 1.91. The van der Waals surface area contributed by atoms with Gasteiger partial charge in [0.15, 0.2) is 6.61 Å². The molecule has 0 aliphatic heterocycles. The van der Waals surface area contributed by atoms with Gasteiger partial charge in [-0.15, -0.1) is 0 Å². The number of carbonyl (C=O) groups is 2. The predicted molar refractivity (Wildman–Crippen MR) is 106 cm³/mol. The van der Waals surface area contributed by atoms with Crippen LogP contribution in [0.1, 0.15) is 33.6 Å². The summed E-state index contributed by atoms with van der Waals surface area (Å²) in [6.07, 6.45) is 1.44. The molecule has 0 spiro atoms. The summed E-state index contributed by atoms with van der Waals surface area (Å²) in [6.45, 7) is 5.61. The summed E-state index contributed by atoms with van der Waals surface area (Å²) in [4.78, 5) is 24.0. The second-order valence-electron chi connectivity index (χ2n) is 6.18. The smallest absolute Gasteiger partial charge is 0.314 e. The Hall–Kier alpha value is -2.89. The van der Waals surface area contributed by atoms with Crippen LogP contribution < -0.4 is 10.2 Å². The van der Waals surface area contributed by atoms with Gasteiger partial charge >= 0.3 is 5.97 Å². The molecule has 1 unspecified atom stereocenters. The van der Waals surface area contributed by atoms with E-state index in [9.17, 15) is 9.59 Å². The molecule has 0 radical (unpaired) electrons.